The summed E-state index contributed by atoms with van der Waals surface area (Å²) in [5, 5.41) is 12.6. The minimum Gasteiger partial charge on any atom is -0.409 e. The lowest BCUT2D eigenvalue weighted by atomic mass is 9.96. The molecular weight excluding hydrogens is 274 g/mol. The van der Waals surface area contributed by atoms with E-state index in [0.717, 1.165) is 25.1 Å². The van der Waals surface area contributed by atoms with Gasteiger partial charge in [-0.3, -0.25) is 0 Å². The Labute approximate surface area is 125 Å². The maximum Gasteiger partial charge on any atom is 0.173 e. The molecule has 0 radical (unpaired) electrons. The normalized spacial score (nSPS) is 20.2. The molecule has 0 aromatic heterocycles. The number of hydrogen-bond donors (Lipinski definition) is 2. The van der Waals surface area contributed by atoms with Gasteiger partial charge in [-0.2, -0.15) is 0 Å². The molecule has 1 fully saturated rings. The van der Waals surface area contributed by atoms with Crippen molar-refractivity contribution in [1.29, 1.82) is 0 Å². The van der Waals surface area contributed by atoms with Crippen LogP contribution < -0.4 is 10.6 Å². The van der Waals surface area contributed by atoms with Crippen LogP contribution in [0, 0.1) is 0 Å². The average Bonchev–Trinajstić information content (AvgIpc) is 2.47. The first-order valence-electron chi connectivity index (χ1n) is 7.22. The molecule has 2 rings (SSSR count). The first-order valence-corrected chi connectivity index (χ1v) is 7.59. The van der Waals surface area contributed by atoms with Crippen molar-refractivity contribution in [2.45, 2.75) is 45.1 Å². The Morgan fingerprint density at radius 3 is 3.00 bits per heavy atom. The fourth-order valence-electron chi connectivity index (χ4n) is 3.01. The number of amidine groups is 1. The quantitative estimate of drug-likeness (QED) is 0.386. The van der Waals surface area contributed by atoms with Gasteiger partial charge in [0.05, 0.1) is 10.6 Å². The summed E-state index contributed by atoms with van der Waals surface area (Å²) in [5.74, 6) is 0.0754. The molecular formula is C15H22ClN3O. The second-order valence-electron chi connectivity index (χ2n) is 5.25. The highest BCUT2D eigenvalue weighted by Crippen LogP contribution is 2.33. The Hall–Kier alpha value is -1.42. The minimum atomic E-state index is 0.0754. The summed E-state index contributed by atoms with van der Waals surface area (Å²) in [5.41, 5.74) is 7.43. The molecule has 4 nitrogen and oxygen atoms in total. The molecule has 1 aliphatic rings. The predicted octanol–water partition coefficient (Wildman–Crippen LogP) is 3.59. The molecule has 20 heavy (non-hydrogen) atoms. The molecule has 0 amide bonds. The van der Waals surface area contributed by atoms with Gasteiger partial charge in [-0.15, -0.1) is 0 Å². The molecule has 1 aliphatic heterocycles. The summed E-state index contributed by atoms with van der Waals surface area (Å²) in [7, 11) is 0. The largest absolute Gasteiger partial charge is 0.409 e. The van der Waals surface area contributed by atoms with Crippen LogP contribution in [0.3, 0.4) is 0 Å². The number of piperidine rings is 1. The Bertz CT molecular complexity index is 488. The number of oxime groups is 1. The van der Waals surface area contributed by atoms with Crippen molar-refractivity contribution in [2.24, 2.45) is 10.9 Å². The van der Waals surface area contributed by atoms with Crippen molar-refractivity contribution in [1.82, 2.24) is 0 Å². The van der Waals surface area contributed by atoms with Crippen LogP contribution in [0.4, 0.5) is 5.69 Å². The Morgan fingerprint density at radius 2 is 2.30 bits per heavy atom. The third kappa shape index (κ3) is 3.01. The first kappa shape index (κ1) is 15.0. The molecule has 0 saturated carbocycles. The summed E-state index contributed by atoms with van der Waals surface area (Å²) in [4.78, 5) is 2.37. The van der Waals surface area contributed by atoms with Crippen molar-refractivity contribution in [3.8, 4) is 0 Å². The smallest absolute Gasteiger partial charge is 0.173 e. The molecule has 0 aliphatic carbocycles. The number of anilines is 1. The fraction of sp³-hybridized carbons (Fsp3) is 0.533. The van der Waals surface area contributed by atoms with E-state index in [4.69, 9.17) is 22.5 Å². The van der Waals surface area contributed by atoms with Gasteiger partial charge in [0.15, 0.2) is 5.84 Å². The summed E-state index contributed by atoms with van der Waals surface area (Å²) in [6.45, 7) is 3.20. The molecule has 1 aromatic rings. The van der Waals surface area contributed by atoms with Gasteiger partial charge in [-0.1, -0.05) is 36.2 Å². The Morgan fingerprint density at radius 1 is 1.50 bits per heavy atom. The van der Waals surface area contributed by atoms with Crippen LogP contribution in [0.15, 0.2) is 23.4 Å². The summed E-state index contributed by atoms with van der Waals surface area (Å²) in [6, 6.07) is 6.21. The van der Waals surface area contributed by atoms with Crippen molar-refractivity contribution >= 4 is 23.1 Å². The van der Waals surface area contributed by atoms with E-state index in [-0.39, 0.29) is 5.84 Å². The first-order chi connectivity index (χ1) is 9.69. The molecule has 5 heteroatoms. The Kier molecular flexibility index (Phi) is 5.12. The number of benzene rings is 1. The lowest BCUT2D eigenvalue weighted by Gasteiger charge is -2.38. The second kappa shape index (κ2) is 6.84. The standard InChI is InChI=1S/C15H22ClN3O/c1-2-6-11-7-3-4-10-19(11)13-9-5-8-12(16)14(13)15(17)18-20/h5,8-9,11,20H,2-4,6-7,10H2,1H3,(H2,17,18). The van der Waals surface area contributed by atoms with Crippen LogP contribution in [0.2, 0.25) is 5.02 Å². The minimum absolute atomic E-state index is 0.0754. The molecule has 1 heterocycles. The average molecular weight is 296 g/mol. The zero-order valence-corrected chi connectivity index (χ0v) is 12.6. The zero-order chi connectivity index (χ0) is 14.5. The summed E-state index contributed by atoms with van der Waals surface area (Å²) in [6.07, 6.45) is 5.93. The molecule has 1 aromatic carbocycles. The van der Waals surface area contributed by atoms with Crippen molar-refractivity contribution in [3.05, 3.63) is 28.8 Å². The number of hydrogen-bond acceptors (Lipinski definition) is 3. The van der Waals surface area contributed by atoms with Gasteiger partial charge in [0, 0.05) is 18.3 Å². The number of rotatable bonds is 4. The zero-order valence-electron chi connectivity index (χ0n) is 11.8. The van der Waals surface area contributed by atoms with E-state index < -0.39 is 0 Å². The lowest BCUT2D eigenvalue weighted by molar-refractivity contribution is 0.318. The molecule has 0 spiro atoms. The molecule has 3 N–H and O–H groups in total. The van der Waals surface area contributed by atoms with E-state index in [0.29, 0.717) is 16.6 Å². The van der Waals surface area contributed by atoms with Gasteiger partial charge >= 0.3 is 0 Å². The summed E-state index contributed by atoms with van der Waals surface area (Å²) < 4.78 is 0. The monoisotopic (exact) mass is 295 g/mol. The molecule has 0 bridgehead atoms. The Balaban J connectivity index is 2.42. The lowest BCUT2D eigenvalue weighted by Crippen LogP contribution is -2.40. The SMILES string of the molecule is CCCC1CCCCN1c1cccc(Cl)c1/C(N)=N/O. The molecule has 110 valence electrons. The third-order valence-electron chi connectivity index (χ3n) is 3.91. The molecule has 1 unspecified atom stereocenters. The number of halogens is 1. The van der Waals surface area contributed by atoms with Crippen LogP contribution in [0.5, 0.6) is 0 Å². The van der Waals surface area contributed by atoms with Crippen LogP contribution in [-0.2, 0) is 0 Å². The van der Waals surface area contributed by atoms with E-state index in [9.17, 15) is 0 Å². The van der Waals surface area contributed by atoms with Gasteiger partial charge in [0.25, 0.3) is 0 Å². The van der Waals surface area contributed by atoms with Gasteiger partial charge < -0.3 is 15.8 Å². The van der Waals surface area contributed by atoms with E-state index in [2.05, 4.69) is 17.0 Å². The van der Waals surface area contributed by atoms with Crippen LogP contribution in [-0.4, -0.2) is 23.6 Å². The second-order valence-corrected chi connectivity index (χ2v) is 5.66. The molecule has 1 saturated heterocycles. The van der Waals surface area contributed by atoms with Gasteiger partial charge in [0.1, 0.15) is 0 Å². The van der Waals surface area contributed by atoms with Crippen molar-refractivity contribution in [3.63, 3.8) is 0 Å². The van der Waals surface area contributed by atoms with Gasteiger partial charge in [-0.05, 0) is 37.8 Å². The van der Waals surface area contributed by atoms with Crippen molar-refractivity contribution < 1.29 is 5.21 Å². The van der Waals surface area contributed by atoms with E-state index >= 15 is 0 Å². The number of nitrogens with two attached hydrogens (primary N) is 1. The highest BCUT2D eigenvalue weighted by atomic mass is 35.5. The fourth-order valence-corrected chi connectivity index (χ4v) is 3.27. The van der Waals surface area contributed by atoms with Crippen LogP contribution in [0.1, 0.15) is 44.6 Å². The maximum atomic E-state index is 8.99. The maximum absolute atomic E-state index is 8.99. The van der Waals surface area contributed by atoms with Crippen LogP contribution >= 0.6 is 11.6 Å². The van der Waals surface area contributed by atoms with Gasteiger partial charge in [-0.25, -0.2) is 0 Å². The van der Waals surface area contributed by atoms with Crippen LogP contribution in [0.25, 0.3) is 0 Å². The third-order valence-corrected chi connectivity index (χ3v) is 4.23. The highest BCUT2D eigenvalue weighted by molar-refractivity contribution is 6.34. The summed E-state index contributed by atoms with van der Waals surface area (Å²) >= 11 is 6.25. The highest BCUT2D eigenvalue weighted by Gasteiger charge is 2.25. The molecule has 1 atom stereocenters. The van der Waals surface area contributed by atoms with E-state index in [1.54, 1.807) is 6.07 Å². The van der Waals surface area contributed by atoms with E-state index in [1.807, 2.05) is 12.1 Å². The van der Waals surface area contributed by atoms with E-state index in [1.165, 1.54) is 19.3 Å². The predicted molar refractivity (Wildman–Crippen MR) is 83.9 cm³/mol. The number of nitrogens with zero attached hydrogens (tertiary/aromatic N) is 2. The van der Waals surface area contributed by atoms with Gasteiger partial charge in [0.2, 0.25) is 0 Å². The van der Waals surface area contributed by atoms with Crippen molar-refractivity contribution in [2.75, 3.05) is 11.4 Å². The topological polar surface area (TPSA) is 61.8 Å².